The summed E-state index contributed by atoms with van der Waals surface area (Å²) in [5.41, 5.74) is 1.18. The Kier molecular flexibility index (Phi) is 3.99. The highest BCUT2D eigenvalue weighted by molar-refractivity contribution is 9.10. The van der Waals surface area contributed by atoms with E-state index < -0.39 is 0 Å². The van der Waals surface area contributed by atoms with Crippen LogP contribution >= 0.6 is 38.9 Å². The Hall–Kier alpha value is -0.350. The molecule has 1 fully saturated rings. The Balaban J connectivity index is 1.94. The highest BCUT2D eigenvalue weighted by Gasteiger charge is 2.32. The quantitative estimate of drug-likeness (QED) is 0.762. The van der Waals surface area contributed by atoms with Crippen LogP contribution in [0.5, 0.6) is 0 Å². The van der Waals surface area contributed by atoms with Gasteiger partial charge in [0, 0.05) is 25.8 Å². The molecule has 1 atom stereocenters. The summed E-state index contributed by atoms with van der Waals surface area (Å²) in [5.74, 6) is 0.819. The third-order valence-corrected chi connectivity index (χ3v) is 6.15. The van der Waals surface area contributed by atoms with Crippen molar-refractivity contribution in [2.45, 2.75) is 18.9 Å². The van der Waals surface area contributed by atoms with Crippen molar-refractivity contribution in [1.82, 2.24) is 5.32 Å². The Morgan fingerprint density at radius 3 is 2.79 bits per heavy atom. The van der Waals surface area contributed by atoms with Crippen LogP contribution in [0.25, 0.3) is 10.4 Å². The fraction of sp³-hybridized carbons (Fsp3) is 0.333. The van der Waals surface area contributed by atoms with E-state index >= 15 is 0 Å². The number of hydrogen-bond donors (Lipinski definition) is 1. The molecular weight excluding hydrogens is 342 g/mol. The maximum absolute atomic E-state index is 6.17. The van der Waals surface area contributed by atoms with E-state index in [0.717, 1.165) is 15.4 Å². The van der Waals surface area contributed by atoms with Gasteiger partial charge in [0.1, 0.15) is 0 Å². The van der Waals surface area contributed by atoms with Gasteiger partial charge in [-0.05, 0) is 59.9 Å². The molecule has 1 unspecified atom stereocenters. The van der Waals surface area contributed by atoms with E-state index in [1.807, 2.05) is 23.5 Å². The van der Waals surface area contributed by atoms with Gasteiger partial charge < -0.3 is 5.32 Å². The molecule has 19 heavy (non-hydrogen) atoms. The van der Waals surface area contributed by atoms with Crippen molar-refractivity contribution in [1.29, 1.82) is 0 Å². The van der Waals surface area contributed by atoms with Crippen LogP contribution in [0.4, 0.5) is 0 Å². The summed E-state index contributed by atoms with van der Waals surface area (Å²) in [5, 5.41) is 4.21. The summed E-state index contributed by atoms with van der Waals surface area (Å²) in [7, 11) is 2.05. The van der Waals surface area contributed by atoms with Gasteiger partial charge in [-0.2, -0.15) is 0 Å². The Bertz CT molecular complexity index is 592. The smallest absolute Gasteiger partial charge is 0.0554 e. The zero-order chi connectivity index (χ0) is 13.4. The van der Waals surface area contributed by atoms with Gasteiger partial charge in [0.05, 0.1) is 5.02 Å². The second kappa shape index (κ2) is 5.57. The second-order valence-electron chi connectivity index (χ2n) is 4.91. The summed E-state index contributed by atoms with van der Waals surface area (Å²) < 4.78 is 0.984. The molecule has 1 heterocycles. The molecule has 1 saturated carbocycles. The molecule has 0 radical (unpaired) electrons. The predicted octanol–water partition coefficient (Wildman–Crippen LogP) is 5.50. The molecular formula is C15H15BrClNS. The van der Waals surface area contributed by atoms with Crippen molar-refractivity contribution >= 4 is 38.9 Å². The monoisotopic (exact) mass is 355 g/mol. The number of benzene rings is 1. The van der Waals surface area contributed by atoms with Gasteiger partial charge in [0.15, 0.2) is 0 Å². The van der Waals surface area contributed by atoms with Crippen molar-refractivity contribution in [2.75, 3.05) is 7.05 Å². The summed E-state index contributed by atoms with van der Waals surface area (Å²) in [6.07, 6.45) is 2.69. The fourth-order valence-corrected chi connectivity index (χ4v) is 4.43. The summed E-state index contributed by atoms with van der Waals surface area (Å²) >= 11 is 11.6. The molecule has 3 rings (SSSR count). The zero-order valence-electron chi connectivity index (χ0n) is 10.6. The first-order chi connectivity index (χ1) is 9.20. The summed E-state index contributed by atoms with van der Waals surface area (Å²) in [4.78, 5) is 2.69. The molecule has 0 aliphatic heterocycles. The molecule has 0 bridgehead atoms. The van der Waals surface area contributed by atoms with E-state index in [2.05, 4.69) is 46.5 Å². The van der Waals surface area contributed by atoms with Gasteiger partial charge >= 0.3 is 0 Å². The summed E-state index contributed by atoms with van der Waals surface area (Å²) in [6.45, 7) is 0. The average Bonchev–Trinajstić information content (AvgIpc) is 3.12. The molecule has 4 heteroatoms. The Morgan fingerprint density at radius 2 is 2.11 bits per heavy atom. The average molecular weight is 357 g/mol. The number of nitrogens with one attached hydrogen (secondary N) is 1. The molecule has 0 amide bonds. The van der Waals surface area contributed by atoms with Crippen LogP contribution in [-0.2, 0) is 0 Å². The number of rotatable bonds is 4. The molecule has 0 saturated heterocycles. The standard InChI is InChI=1S/C15H15BrClNS/c1-18-15(9-5-6-9)13-8-7-12(19-13)10-3-2-4-11(17)14(10)16/h2-4,7-9,15,18H,5-6H2,1H3. The highest BCUT2D eigenvalue weighted by atomic mass is 79.9. The molecule has 1 aliphatic rings. The molecule has 1 aliphatic carbocycles. The van der Waals surface area contributed by atoms with Gasteiger partial charge in [-0.25, -0.2) is 0 Å². The van der Waals surface area contributed by atoms with Crippen LogP contribution in [-0.4, -0.2) is 7.05 Å². The van der Waals surface area contributed by atoms with Crippen molar-refractivity contribution in [3.8, 4) is 10.4 Å². The van der Waals surface area contributed by atoms with Crippen molar-refractivity contribution < 1.29 is 0 Å². The maximum Gasteiger partial charge on any atom is 0.0554 e. The van der Waals surface area contributed by atoms with Crippen LogP contribution in [0.3, 0.4) is 0 Å². The molecule has 1 N–H and O–H groups in total. The topological polar surface area (TPSA) is 12.0 Å². The minimum Gasteiger partial charge on any atom is -0.312 e. The van der Waals surface area contributed by atoms with Gasteiger partial charge in [-0.3, -0.25) is 0 Å². The van der Waals surface area contributed by atoms with Gasteiger partial charge in [-0.1, -0.05) is 23.7 Å². The normalized spacial score (nSPS) is 16.6. The van der Waals surface area contributed by atoms with E-state index in [-0.39, 0.29) is 0 Å². The fourth-order valence-electron chi connectivity index (χ4n) is 2.40. The van der Waals surface area contributed by atoms with Crippen LogP contribution in [0.15, 0.2) is 34.8 Å². The number of hydrogen-bond acceptors (Lipinski definition) is 2. The third-order valence-electron chi connectivity index (χ3n) is 3.55. The van der Waals surface area contributed by atoms with E-state index in [1.165, 1.54) is 28.2 Å². The molecule has 1 nitrogen and oxygen atoms in total. The summed E-state index contributed by atoms with van der Waals surface area (Å²) in [6, 6.07) is 11.0. The van der Waals surface area contributed by atoms with Gasteiger partial charge in [0.25, 0.3) is 0 Å². The van der Waals surface area contributed by atoms with E-state index in [4.69, 9.17) is 11.6 Å². The largest absolute Gasteiger partial charge is 0.312 e. The number of thiophene rings is 1. The molecule has 1 aromatic carbocycles. The first kappa shape index (κ1) is 13.6. The molecule has 100 valence electrons. The minimum atomic E-state index is 0.511. The lowest BCUT2D eigenvalue weighted by Crippen LogP contribution is -2.16. The van der Waals surface area contributed by atoms with Gasteiger partial charge in [0.2, 0.25) is 0 Å². The lowest BCUT2D eigenvalue weighted by Gasteiger charge is -2.12. The van der Waals surface area contributed by atoms with Crippen molar-refractivity contribution in [3.05, 3.63) is 44.7 Å². The predicted molar refractivity (Wildman–Crippen MR) is 87.0 cm³/mol. The Labute approximate surface area is 131 Å². The third kappa shape index (κ3) is 2.75. The van der Waals surface area contributed by atoms with Gasteiger partial charge in [-0.15, -0.1) is 11.3 Å². The molecule has 1 aromatic heterocycles. The van der Waals surface area contributed by atoms with Crippen LogP contribution in [0.2, 0.25) is 5.02 Å². The molecule has 2 aromatic rings. The highest BCUT2D eigenvalue weighted by Crippen LogP contribution is 2.45. The lowest BCUT2D eigenvalue weighted by atomic mass is 10.1. The van der Waals surface area contributed by atoms with E-state index in [0.29, 0.717) is 6.04 Å². The molecule has 0 spiro atoms. The van der Waals surface area contributed by atoms with Crippen molar-refractivity contribution in [2.24, 2.45) is 5.92 Å². The maximum atomic E-state index is 6.17. The van der Waals surface area contributed by atoms with Crippen LogP contribution in [0, 0.1) is 5.92 Å². The number of halogens is 2. The van der Waals surface area contributed by atoms with Crippen molar-refractivity contribution in [3.63, 3.8) is 0 Å². The zero-order valence-corrected chi connectivity index (χ0v) is 13.8. The minimum absolute atomic E-state index is 0.511. The lowest BCUT2D eigenvalue weighted by molar-refractivity contribution is 0.537. The van der Waals surface area contributed by atoms with E-state index in [1.54, 1.807) is 0 Å². The Morgan fingerprint density at radius 1 is 1.32 bits per heavy atom. The first-order valence-corrected chi connectivity index (χ1v) is 8.41. The van der Waals surface area contributed by atoms with Crippen LogP contribution in [0.1, 0.15) is 23.8 Å². The van der Waals surface area contributed by atoms with E-state index in [9.17, 15) is 0 Å². The second-order valence-corrected chi connectivity index (χ2v) is 7.22. The van der Waals surface area contributed by atoms with Crippen LogP contribution < -0.4 is 5.32 Å². The first-order valence-electron chi connectivity index (χ1n) is 6.42. The SMILES string of the molecule is CNC(c1ccc(-c2cccc(Cl)c2Br)s1)C1CC1.